The monoisotopic (exact) mass is 282 g/mol. The van der Waals surface area contributed by atoms with E-state index in [0.717, 1.165) is 16.5 Å². The molecule has 0 spiro atoms. The van der Waals surface area contributed by atoms with E-state index < -0.39 is 5.82 Å². The van der Waals surface area contributed by atoms with Gasteiger partial charge in [0.1, 0.15) is 5.82 Å². The molecular formula is C17H15FN2O. The van der Waals surface area contributed by atoms with Gasteiger partial charge in [-0.15, -0.1) is 0 Å². The lowest BCUT2D eigenvalue weighted by atomic mass is 10.0. The number of ketones is 1. The molecule has 0 aliphatic carbocycles. The Bertz CT molecular complexity index is 836. The normalized spacial score (nSPS) is 11.0. The molecule has 4 heteroatoms. The largest absolute Gasteiger partial charge is 0.294 e. The van der Waals surface area contributed by atoms with E-state index in [-0.39, 0.29) is 17.8 Å². The summed E-state index contributed by atoms with van der Waals surface area (Å²) in [5.41, 5.74) is 2.64. The first-order valence-electron chi connectivity index (χ1n) is 6.76. The third-order valence-electron chi connectivity index (χ3n) is 3.58. The Morgan fingerprint density at radius 3 is 2.81 bits per heavy atom. The molecule has 0 aliphatic heterocycles. The van der Waals surface area contributed by atoms with E-state index in [1.807, 2.05) is 38.2 Å². The van der Waals surface area contributed by atoms with Gasteiger partial charge in [0.15, 0.2) is 5.78 Å². The molecule has 0 unspecified atom stereocenters. The fourth-order valence-corrected chi connectivity index (χ4v) is 2.52. The van der Waals surface area contributed by atoms with E-state index in [1.54, 1.807) is 16.8 Å². The molecule has 0 atom stereocenters. The van der Waals surface area contributed by atoms with Gasteiger partial charge < -0.3 is 0 Å². The molecule has 0 bridgehead atoms. The minimum atomic E-state index is -0.481. The molecule has 0 saturated heterocycles. The molecule has 0 aliphatic rings. The van der Waals surface area contributed by atoms with Crippen LogP contribution in [0.1, 0.15) is 21.6 Å². The fraction of sp³-hybridized carbons (Fsp3) is 0.176. The van der Waals surface area contributed by atoms with Crippen LogP contribution in [0.5, 0.6) is 0 Å². The smallest absolute Gasteiger partial charge is 0.171 e. The van der Waals surface area contributed by atoms with Gasteiger partial charge in [0.25, 0.3) is 0 Å². The molecule has 1 aromatic heterocycles. The van der Waals surface area contributed by atoms with Gasteiger partial charge in [0.2, 0.25) is 0 Å². The summed E-state index contributed by atoms with van der Waals surface area (Å²) in [7, 11) is 1.84. The SMILES string of the molecule is Cc1ccc(F)c(C(=O)Cc2nn(C)c3ccccc23)c1. The number of para-hydroxylation sites is 1. The first kappa shape index (κ1) is 13.5. The van der Waals surface area contributed by atoms with Crippen molar-refractivity contribution in [1.29, 1.82) is 0 Å². The lowest BCUT2D eigenvalue weighted by Gasteiger charge is -2.03. The average Bonchev–Trinajstić information content (AvgIpc) is 2.78. The summed E-state index contributed by atoms with van der Waals surface area (Å²) in [5.74, 6) is -0.731. The average molecular weight is 282 g/mol. The van der Waals surface area contributed by atoms with Gasteiger partial charge in [-0.1, -0.05) is 29.8 Å². The highest BCUT2D eigenvalue weighted by Crippen LogP contribution is 2.20. The molecule has 0 radical (unpaired) electrons. The lowest BCUT2D eigenvalue weighted by molar-refractivity contribution is 0.0988. The zero-order valence-electron chi connectivity index (χ0n) is 11.9. The maximum absolute atomic E-state index is 13.8. The van der Waals surface area contributed by atoms with Crippen molar-refractivity contribution in [2.24, 2.45) is 7.05 Å². The van der Waals surface area contributed by atoms with Crippen LogP contribution in [0.2, 0.25) is 0 Å². The number of hydrogen-bond donors (Lipinski definition) is 0. The summed E-state index contributed by atoms with van der Waals surface area (Å²) in [6, 6.07) is 12.3. The Morgan fingerprint density at radius 1 is 1.24 bits per heavy atom. The maximum Gasteiger partial charge on any atom is 0.171 e. The summed E-state index contributed by atoms with van der Waals surface area (Å²) >= 11 is 0. The van der Waals surface area contributed by atoms with Crippen molar-refractivity contribution in [3.63, 3.8) is 0 Å². The standard InChI is InChI=1S/C17H15FN2O/c1-11-7-8-14(18)13(9-11)17(21)10-15-12-5-3-4-6-16(12)20(2)19-15/h3-9H,10H2,1-2H3. The Balaban J connectivity index is 1.99. The first-order chi connectivity index (χ1) is 10.1. The summed E-state index contributed by atoms with van der Waals surface area (Å²) in [4.78, 5) is 12.4. The Hall–Kier alpha value is -2.49. The van der Waals surface area contributed by atoms with E-state index >= 15 is 0 Å². The van der Waals surface area contributed by atoms with Crippen LogP contribution in [0.15, 0.2) is 42.5 Å². The summed E-state index contributed by atoms with van der Waals surface area (Å²) in [6.07, 6.45) is 0.0989. The van der Waals surface area contributed by atoms with Crippen LogP contribution in [-0.2, 0) is 13.5 Å². The number of fused-ring (bicyclic) bond motifs is 1. The number of aryl methyl sites for hydroxylation is 2. The third-order valence-corrected chi connectivity index (χ3v) is 3.58. The van der Waals surface area contributed by atoms with Crippen molar-refractivity contribution in [2.75, 3.05) is 0 Å². The van der Waals surface area contributed by atoms with E-state index in [9.17, 15) is 9.18 Å². The highest BCUT2D eigenvalue weighted by atomic mass is 19.1. The summed E-state index contributed by atoms with van der Waals surface area (Å²) in [6.45, 7) is 1.84. The zero-order valence-corrected chi connectivity index (χ0v) is 11.9. The van der Waals surface area contributed by atoms with Gasteiger partial charge in [0, 0.05) is 12.4 Å². The number of carbonyl (C=O) groups is 1. The molecule has 1 heterocycles. The van der Waals surface area contributed by atoms with Crippen molar-refractivity contribution < 1.29 is 9.18 Å². The van der Waals surface area contributed by atoms with Gasteiger partial charge in [-0.3, -0.25) is 9.48 Å². The topological polar surface area (TPSA) is 34.9 Å². The molecule has 0 fully saturated rings. The third kappa shape index (κ3) is 2.44. The number of nitrogens with zero attached hydrogens (tertiary/aromatic N) is 2. The number of Topliss-reactive ketones (excluding diaryl/α,β-unsaturated/α-hetero) is 1. The quantitative estimate of drug-likeness (QED) is 0.690. The second kappa shape index (κ2) is 5.13. The predicted molar refractivity (Wildman–Crippen MR) is 79.9 cm³/mol. The molecular weight excluding hydrogens is 267 g/mol. The van der Waals surface area contributed by atoms with Crippen molar-refractivity contribution in [2.45, 2.75) is 13.3 Å². The second-order valence-corrected chi connectivity index (χ2v) is 5.17. The van der Waals surface area contributed by atoms with Crippen molar-refractivity contribution >= 4 is 16.7 Å². The Morgan fingerprint density at radius 2 is 2.00 bits per heavy atom. The van der Waals surface area contributed by atoms with Crippen molar-refractivity contribution in [3.05, 3.63) is 65.1 Å². The highest BCUT2D eigenvalue weighted by Gasteiger charge is 2.16. The molecule has 2 aromatic carbocycles. The fourth-order valence-electron chi connectivity index (χ4n) is 2.52. The van der Waals surface area contributed by atoms with Crippen molar-refractivity contribution in [1.82, 2.24) is 9.78 Å². The van der Waals surface area contributed by atoms with Crippen LogP contribution >= 0.6 is 0 Å². The minimum Gasteiger partial charge on any atom is -0.294 e. The van der Waals surface area contributed by atoms with E-state index in [2.05, 4.69) is 5.10 Å². The van der Waals surface area contributed by atoms with Gasteiger partial charge in [-0.2, -0.15) is 5.10 Å². The molecule has 0 N–H and O–H groups in total. The Kier molecular flexibility index (Phi) is 3.29. The molecule has 3 rings (SSSR count). The molecule has 3 aromatic rings. The molecule has 21 heavy (non-hydrogen) atoms. The number of hydrogen-bond acceptors (Lipinski definition) is 2. The van der Waals surface area contributed by atoms with E-state index in [4.69, 9.17) is 0 Å². The van der Waals surface area contributed by atoms with Crippen LogP contribution < -0.4 is 0 Å². The molecule has 0 saturated carbocycles. The number of benzene rings is 2. The van der Waals surface area contributed by atoms with E-state index in [0.29, 0.717) is 5.69 Å². The molecule has 106 valence electrons. The molecule has 3 nitrogen and oxygen atoms in total. The maximum atomic E-state index is 13.8. The van der Waals surface area contributed by atoms with Gasteiger partial charge in [0.05, 0.1) is 23.2 Å². The number of halogens is 1. The van der Waals surface area contributed by atoms with Crippen molar-refractivity contribution in [3.8, 4) is 0 Å². The van der Waals surface area contributed by atoms with Crippen LogP contribution in [0.3, 0.4) is 0 Å². The minimum absolute atomic E-state index is 0.0989. The van der Waals surface area contributed by atoms with Gasteiger partial charge in [-0.05, 0) is 25.1 Å². The van der Waals surface area contributed by atoms with Crippen LogP contribution in [0, 0.1) is 12.7 Å². The first-order valence-corrected chi connectivity index (χ1v) is 6.76. The van der Waals surface area contributed by atoms with Crippen LogP contribution in [0.4, 0.5) is 4.39 Å². The highest BCUT2D eigenvalue weighted by molar-refractivity contribution is 5.99. The summed E-state index contributed by atoms with van der Waals surface area (Å²) < 4.78 is 15.5. The zero-order chi connectivity index (χ0) is 15.0. The van der Waals surface area contributed by atoms with Gasteiger partial charge in [-0.25, -0.2) is 4.39 Å². The summed E-state index contributed by atoms with van der Waals surface area (Å²) in [5, 5.41) is 5.31. The number of rotatable bonds is 3. The van der Waals surface area contributed by atoms with Crippen LogP contribution in [-0.4, -0.2) is 15.6 Å². The number of aromatic nitrogens is 2. The molecule has 0 amide bonds. The second-order valence-electron chi connectivity index (χ2n) is 5.17. The number of carbonyl (C=O) groups excluding carboxylic acids is 1. The van der Waals surface area contributed by atoms with Gasteiger partial charge >= 0.3 is 0 Å². The lowest BCUT2D eigenvalue weighted by Crippen LogP contribution is -2.07. The van der Waals surface area contributed by atoms with E-state index in [1.165, 1.54) is 6.07 Å². The predicted octanol–water partition coefficient (Wildman–Crippen LogP) is 3.45. The van der Waals surface area contributed by atoms with Crippen LogP contribution in [0.25, 0.3) is 10.9 Å². The Labute approximate surface area is 122 Å².